The van der Waals surface area contributed by atoms with Gasteiger partial charge >= 0.3 is 11.9 Å². The first kappa shape index (κ1) is 51.0. The number of fused-ring (bicyclic) bond motifs is 5. The molecule has 19 nitrogen and oxygen atoms in total. The van der Waals surface area contributed by atoms with Crippen LogP contribution in [0.15, 0.2) is 11.6 Å². The van der Waals surface area contributed by atoms with E-state index in [0.717, 1.165) is 63.4 Å². The Morgan fingerprint density at radius 1 is 0.706 bits per heavy atom. The first-order chi connectivity index (χ1) is 32.2. The van der Waals surface area contributed by atoms with Crippen molar-refractivity contribution in [2.45, 2.75) is 235 Å². The Bertz CT molecular complexity index is 1810. The number of aliphatic hydroxyl groups is 7. The third-order valence-corrected chi connectivity index (χ3v) is 18.3. The van der Waals surface area contributed by atoms with Crippen molar-refractivity contribution in [3.8, 4) is 0 Å². The molecule has 25 atom stereocenters. The van der Waals surface area contributed by atoms with E-state index in [4.69, 9.17) is 47.4 Å². The zero-order chi connectivity index (χ0) is 48.6. The van der Waals surface area contributed by atoms with Gasteiger partial charge in [-0.25, -0.2) is 4.79 Å². The van der Waals surface area contributed by atoms with Crippen molar-refractivity contribution in [2.75, 3.05) is 13.2 Å². The summed E-state index contributed by atoms with van der Waals surface area (Å²) in [5.41, 5.74) is 0.0925. The normalized spacial score (nSPS) is 52.8. The smallest absolute Gasteiger partial charge is 0.331 e. The van der Waals surface area contributed by atoms with E-state index in [1.165, 1.54) is 6.92 Å². The second kappa shape index (κ2) is 19.8. The summed E-state index contributed by atoms with van der Waals surface area (Å²) in [6.45, 7) is 10.8. The monoisotopic (exact) mass is 968 g/mol. The molecule has 0 unspecified atom stereocenters. The van der Waals surface area contributed by atoms with Gasteiger partial charge in [-0.15, -0.1) is 0 Å². The van der Waals surface area contributed by atoms with Gasteiger partial charge in [0.15, 0.2) is 25.2 Å². The van der Waals surface area contributed by atoms with Crippen LogP contribution in [0.25, 0.3) is 0 Å². The molecule has 68 heavy (non-hydrogen) atoms. The molecule has 386 valence electrons. The van der Waals surface area contributed by atoms with E-state index in [-0.39, 0.29) is 54.0 Å². The van der Waals surface area contributed by atoms with Crippen LogP contribution in [0, 0.1) is 34.5 Å². The van der Waals surface area contributed by atoms with Gasteiger partial charge in [-0.1, -0.05) is 13.8 Å². The molecule has 4 aliphatic carbocycles. The molecule has 0 aromatic carbocycles. The molecule has 0 amide bonds. The summed E-state index contributed by atoms with van der Waals surface area (Å²) in [5, 5.41) is 76.1. The van der Waals surface area contributed by atoms with Crippen molar-refractivity contribution in [2.24, 2.45) is 34.5 Å². The van der Waals surface area contributed by atoms with Gasteiger partial charge in [-0.2, -0.15) is 0 Å². The Morgan fingerprint density at radius 3 is 1.94 bits per heavy atom. The Kier molecular flexibility index (Phi) is 14.9. The van der Waals surface area contributed by atoms with Gasteiger partial charge < -0.3 is 83.1 Å². The van der Waals surface area contributed by atoms with Crippen LogP contribution in [0.1, 0.15) is 119 Å². The van der Waals surface area contributed by atoms with E-state index in [2.05, 4.69) is 13.8 Å². The van der Waals surface area contributed by atoms with E-state index in [0.29, 0.717) is 18.4 Å². The van der Waals surface area contributed by atoms with Crippen molar-refractivity contribution in [1.82, 2.24) is 0 Å². The standard InChI is InChI=1S/C49H76O19/c1-22-43(66-38-18-33(53)44(23(2)61-38)67-39-19-34(63-25(4)51)45(24(3)62-39)68-46-42(57)41(56)40(55)35(20-50)65-46)32(52)17-37(60-22)64-28-9-12-47(5)27(16-28)7-8-31-30(47)10-13-48(6)29(11-14-49(31,48)58)26-15-36(54)59-21-26/h15,22-24,27-35,37-46,50,52-53,55-58H,7-14,16-21H2,1-6H3/t22-,23-,24-,27+,28+,29+,30-,31+,32+,33+,34+,35+,37-,38-,39-,40+,41-,42+,43+,44+,45+,46-,47-,48+,49+/m1/s1. The quantitative estimate of drug-likeness (QED) is 0.115. The summed E-state index contributed by atoms with van der Waals surface area (Å²) in [7, 11) is 0. The zero-order valence-electron chi connectivity index (χ0n) is 40.2. The second-order valence-corrected chi connectivity index (χ2v) is 22.1. The average molecular weight is 969 g/mol. The Hall–Kier alpha value is -1.92. The van der Waals surface area contributed by atoms with Gasteiger partial charge in [-0.3, -0.25) is 4.79 Å². The summed E-state index contributed by atoms with van der Waals surface area (Å²) >= 11 is 0. The van der Waals surface area contributed by atoms with Gasteiger partial charge in [0, 0.05) is 37.7 Å². The number of hydrogen-bond donors (Lipinski definition) is 7. The molecular weight excluding hydrogens is 893 g/mol. The zero-order valence-corrected chi connectivity index (χ0v) is 40.2. The highest BCUT2D eigenvalue weighted by Crippen LogP contribution is 2.70. The maximum atomic E-state index is 12.6. The molecule has 0 bridgehead atoms. The Morgan fingerprint density at radius 2 is 1.34 bits per heavy atom. The molecule has 9 aliphatic rings. The lowest BCUT2D eigenvalue weighted by Crippen LogP contribution is -2.62. The van der Waals surface area contributed by atoms with Crippen molar-refractivity contribution in [1.29, 1.82) is 0 Å². The topological polar surface area (TPSA) is 268 Å². The van der Waals surface area contributed by atoms with E-state index in [9.17, 15) is 45.3 Å². The SMILES string of the molecule is CC(=O)O[C@H]1C[C@@H](O[C@@H]2[C@@H](O)C[C@@H](O[C@@H]3[C@@H](O)C[C@@H](O[C@H]4CC[C@]5(C)[C@@H](CC[C@H]6[C@H]5CC[C@@]5(C)[C@H](C7=CC(=O)OC7)CC[C@]65O)C4)O[C@@H]3C)O[C@@H]2C)O[C@H](C)[C@@H]1O[C@H]1O[C@@H](CO)[C@H](O)[C@@H](O)[C@@H]1O. The highest BCUT2D eigenvalue weighted by atomic mass is 16.8. The molecule has 4 saturated carbocycles. The number of hydrogen-bond acceptors (Lipinski definition) is 19. The fourth-order valence-corrected chi connectivity index (χ4v) is 14.6. The highest BCUT2D eigenvalue weighted by Gasteiger charge is 2.68. The average Bonchev–Trinajstić information content (AvgIpc) is 3.83. The minimum Gasteiger partial charge on any atom is -0.459 e. The largest absolute Gasteiger partial charge is 0.459 e. The van der Waals surface area contributed by atoms with E-state index in [1.54, 1.807) is 19.9 Å². The van der Waals surface area contributed by atoms with Crippen molar-refractivity contribution in [3.63, 3.8) is 0 Å². The van der Waals surface area contributed by atoms with Crippen LogP contribution in [0.2, 0.25) is 0 Å². The molecule has 5 aliphatic heterocycles. The first-order valence-corrected chi connectivity index (χ1v) is 25.2. The Balaban J connectivity index is 0.746. The van der Waals surface area contributed by atoms with E-state index in [1.807, 2.05) is 6.92 Å². The third-order valence-electron chi connectivity index (χ3n) is 18.3. The first-order valence-electron chi connectivity index (χ1n) is 25.2. The molecule has 0 spiro atoms. The van der Waals surface area contributed by atoms with E-state index >= 15 is 0 Å². The number of aliphatic hydroxyl groups excluding tert-OH is 6. The molecule has 9 rings (SSSR count). The van der Waals surface area contributed by atoms with Crippen LogP contribution in [-0.2, 0) is 57.0 Å². The minimum atomic E-state index is -1.68. The van der Waals surface area contributed by atoms with Crippen LogP contribution in [0.5, 0.6) is 0 Å². The van der Waals surface area contributed by atoms with Gasteiger partial charge in [0.05, 0.1) is 48.8 Å². The highest BCUT2D eigenvalue weighted by molar-refractivity contribution is 5.85. The van der Waals surface area contributed by atoms with Crippen molar-refractivity contribution < 1.29 is 92.7 Å². The van der Waals surface area contributed by atoms with Gasteiger partial charge in [0.25, 0.3) is 0 Å². The minimum absolute atomic E-state index is 0.0126. The van der Waals surface area contributed by atoms with Crippen LogP contribution in [0.4, 0.5) is 0 Å². The fraction of sp³-hybridized carbons (Fsp3) is 0.918. The van der Waals surface area contributed by atoms with Gasteiger partial charge in [-0.05, 0) is 113 Å². The summed E-state index contributed by atoms with van der Waals surface area (Å²) in [6.07, 6.45) is -7.65. The molecule has 19 heteroatoms. The molecular formula is C49H76O19. The molecule has 0 radical (unpaired) electrons. The summed E-state index contributed by atoms with van der Waals surface area (Å²) in [4.78, 5) is 24.2. The second-order valence-electron chi connectivity index (χ2n) is 22.1. The predicted octanol–water partition coefficient (Wildman–Crippen LogP) is 1.64. The van der Waals surface area contributed by atoms with Crippen molar-refractivity contribution in [3.05, 3.63) is 11.6 Å². The number of carbonyl (C=O) groups excluding carboxylic acids is 2. The maximum Gasteiger partial charge on any atom is 0.331 e. The molecule has 0 aromatic rings. The number of cyclic esters (lactones) is 1. The number of rotatable bonds is 11. The molecule has 7 N–H and O–H groups in total. The number of carbonyl (C=O) groups is 2. The third kappa shape index (κ3) is 9.36. The summed E-state index contributed by atoms with van der Waals surface area (Å²) in [6, 6.07) is 0. The molecule has 4 saturated heterocycles. The molecule has 8 fully saturated rings. The van der Waals surface area contributed by atoms with Crippen LogP contribution < -0.4 is 0 Å². The van der Waals surface area contributed by atoms with Crippen LogP contribution in [0.3, 0.4) is 0 Å². The fourth-order valence-electron chi connectivity index (χ4n) is 14.6. The predicted molar refractivity (Wildman–Crippen MR) is 233 cm³/mol. The lowest BCUT2D eigenvalue weighted by atomic mass is 9.43. The lowest BCUT2D eigenvalue weighted by molar-refractivity contribution is -0.355. The summed E-state index contributed by atoms with van der Waals surface area (Å²) in [5.74, 6) is 0.357. The van der Waals surface area contributed by atoms with Gasteiger partial charge in [0.1, 0.15) is 55.4 Å². The van der Waals surface area contributed by atoms with E-state index < -0.39 is 123 Å². The summed E-state index contributed by atoms with van der Waals surface area (Å²) < 4.78 is 60.2. The van der Waals surface area contributed by atoms with Crippen molar-refractivity contribution >= 4 is 11.9 Å². The van der Waals surface area contributed by atoms with Gasteiger partial charge in [0.2, 0.25) is 0 Å². The molecule has 5 heterocycles. The van der Waals surface area contributed by atoms with Crippen LogP contribution in [-0.4, -0.2) is 177 Å². The number of ether oxygens (including phenoxy) is 10. The Labute approximate surface area is 398 Å². The lowest BCUT2D eigenvalue weighted by Gasteiger charge is -2.64. The maximum absolute atomic E-state index is 12.6. The molecule has 0 aromatic heterocycles. The number of esters is 2. The van der Waals surface area contributed by atoms with Crippen LogP contribution >= 0.6 is 0 Å².